The van der Waals surface area contributed by atoms with Crippen molar-refractivity contribution < 1.29 is 0 Å². The van der Waals surface area contributed by atoms with Crippen LogP contribution in [0.5, 0.6) is 0 Å². The van der Waals surface area contributed by atoms with E-state index in [9.17, 15) is 0 Å². The summed E-state index contributed by atoms with van der Waals surface area (Å²) in [5.74, 6) is 2.53. The third kappa shape index (κ3) is 1.86. The fourth-order valence-electron chi connectivity index (χ4n) is 3.47. The molecule has 16 heavy (non-hydrogen) atoms. The normalized spacial score (nSPS) is 34.6. The first kappa shape index (κ1) is 11.5. The van der Waals surface area contributed by atoms with E-state index in [0.29, 0.717) is 5.92 Å². The monoisotopic (exact) mass is 319 g/mol. The van der Waals surface area contributed by atoms with Crippen LogP contribution in [0.1, 0.15) is 36.6 Å². The Morgan fingerprint density at radius 3 is 2.75 bits per heavy atom. The molecule has 2 saturated carbocycles. The lowest BCUT2D eigenvalue weighted by Crippen LogP contribution is -2.25. The van der Waals surface area contributed by atoms with E-state index in [-0.39, 0.29) is 6.04 Å². The van der Waals surface area contributed by atoms with Gasteiger partial charge >= 0.3 is 0 Å². The molecule has 1 nitrogen and oxygen atoms in total. The van der Waals surface area contributed by atoms with Gasteiger partial charge < -0.3 is 5.73 Å². The zero-order valence-corrected chi connectivity index (χ0v) is 12.1. The van der Waals surface area contributed by atoms with Crippen molar-refractivity contribution in [1.82, 2.24) is 0 Å². The molecule has 0 spiro atoms. The SMILES string of the molecule is NC(c1cc(Br)c(Cl)s1)C1CC2CCC1C2. The largest absolute Gasteiger partial charge is 0.323 e. The van der Waals surface area contributed by atoms with Gasteiger partial charge in [0.05, 0.1) is 0 Å². The first-order valence-electron chi connectivity index (χ1n) is 5.85. The molecule has 4 atom stereocenters. The average molecular weight is 321 g/mol. The lowest BCUT2D eigenvalue weighted by atomic mass is 9.83. The molecule has 0 saturated heterocycles. The van der Waals surface area contributed by atoms with Gasteiger partial charge in [-0.3, -0.25) is 0 Å². The number of nitrogens with two attached hydrogens (primary N) is 1. The van der Waals surface area contributed by atoms with Gasteiger partial charge in [-0.2, -0.15) is 0 Å². The smallest absolute Gasteiger partial charge is 0.107 e. The van der Waals surface area contributed by atoms with Gasteiger partial charge in [-0.1, -0.05) is 18.0 Å². The Kier molecular flexibility index (Phi) is 3.07. The van der Waals surface area contributed by atoms with Crippen LogP contribution in [-0.2, 0) is 0 Å². The van der Waals surface area contributed by atoms with Crippen molar-refractivity contribution in [2.24, 2.45) is 23.5 Å². The molecule has 2 N–H and O–H groups in total. The molecule has 0 aromatic carbocycles. The predicted octanol–water partition coefficient (Wildman–Crippen LogP) is 4.60. The van der Waals surface area contributed by atoms with Crippen molar-refractivity contribution in [2.45, 2.75) is 31.7 Å². The van der Waals surface area contributed by atoms with Crippen LogP contribution in [-0.4, -0.2) is 0 Å². The second kappa shape index (κ2) is 4.27. The maximum atomic E-state index is 6.40. The molecule has 4 heteroatoms. The molecule has 1 heterocycles. The maximum absolute atomic E-state index is 6.40. The second-order valence-corrected chi connectivity index (χ2v) is 7.68. The van der Waals surface area contributed by atoms with Crippen LogP contribution in [0.3, 0.4) is 0 Å². The highest BCUT2D eigenvalue weighted by Gasteiger charge is 2.42. The van der Waals surface area contributed by atoms with Crippen molar-refractivity contribution in [3.63, 3.8) is 0 Å². The topological polar surface area (TPSA) is 26.0 Å². The van der Waals surface area contributed by atoms with E-state index in [0.717, 1.165) is 20.6 Å². The molecule has 1 aromatic heterocycles. The summed E-state index contributed by atoms with van der Waals surface area (Å²) in [6.45, 7) is 0. The van der Waals surface area contributed by atoms with Gasteiger partial charge in [-0.25, -0.2) is 0 Å². The minimum Gasteiger partial charge on any atom is -0.323 e. The van der Waals surface area contributed by atoms with Gasteiger partial charge in [0, 0.05) is 15.4 Å². The van der Waals surface area contributed by atoms with E-state index in [1.807, 2.05) is 0 Å². The number of fused-ring (bicyclic) bond motifs is 2. The minimum absolute atomic E-state index is 0.198. The molecular weight excluding hydrogens is 306 g/mol. The zero-order chi connectivity index (χ0) is 11.3. The molecule has 4 unspecified atom stereocenters. The second-order valence-electron chi connectivity index (χ2n) is 5.13. The molecule has 2 aliphatic rings. The van der Waals surface area contributed by atoms with E-state index in [1.165, 1.54) is 30.6 Å². The fraction of sp³-hybridized carbons (Fsp3) is 0.667. The standard InChI is InChI=1S/C12H15BrClNS/c13-9-5-10(16-12(9)14)11(15)8-4-6-1-2-7(8)3-6/h5-8,11H,1-4,15H2. The molecule has 3 rings (SSSR count). The van der Waals surface area contributed by atoms with Gasteiger partial charge in [0.25, 0.3) is 0 Å². The molecule has 0 amide bonds. The number of hydrogen-bond acceptors (Lipinski definition) is 2. The van der Waals surface area contributed by atoms with Crippen LogP contribution in [0, 0.1) is 17.8 Å². The highest BCUT2D eigenvalue weighted by atomic mass is 79.9. The highest BCUT2D eigenvalue weighted by molar-refractivity contribution is 9.10. The van der Waals surface area contributed by atoms with Crippen LogP contribution in [0.15, 0.2) is 10.5 Å². The van der Waals surface area contributed by atoms with Crippen LogP contribution < -0.4 is 5.73 Å². The summed E-state index contributed by atoms with van der Waals surface area (Å²) in [7, 11) is 0. The van der Waals surface area contributed by atoms with Crippen molar-refractivity contribution >= 4 is 38.9 Å². The lowest BCUT2D eigenvalue weighted by Gasteiger charge is -2.26. The first-order valence-corrected chi connectivity index (χ1v) is 7.84. The molecule has 2 aliphatic carbocycles. The van der Waals surface area contributed by atoms with Crippen LogP contribution in [0.4, 0.5) is 0 Å². The third-order valence-electron chi connectivity index (χ3n) is 4.25. The third-order valence-corrected chi connectivity index (χ3v) is 6.82. The van der Waals surface area contributed by atoms with Gasteiger partial charge in [-0.15, -0.1) is 11.3 Å². The van der Waals surface area contributed by atoms with Crippen molar-refractivity contribution in [3.8, 4) is 0 Å². The summed E-state index contributed by atoms with van der Waals surface area (Å²) in [6, 6.07) is 2.30. The van der Waals surface area contributed by atoms with Crippen molar-refractivity contribution in [3.05, 3.63) is 19.8 Å². The van der Waals surface area contributed by atoms with Gasteiger partial charge in [0.2, 0.25) is 0 Å². The zero-order valence-electron chi connectivity index (χ0n) is 8.96. The van der Waals surface area contributed by atoms with Crippen LogP contribution in [0.2, 0.25) is 4.34 Å². The van der Waals surface area contributed by atoms with E-state index in [2.05, 4.69) is 22.0 Å². The van der Waals surface area contributed by atoms with Crippen molar-refractivity contribution in [1.29, 1.82) is 0 Å². The number of hydrogen-bond donors (Lipinski definition) is 1. The average Bonchev–Trinajstić information content (AvgIpc) is 2.94. The summed E-state index contributed by atoms with van der Waals surface area (Å²) in [6.07, 6.45) is 5.57. The minimum atomic E-state index is 0.198. The Morgan fingerprint density at radius 2 is 2.25 bits per heavy atom. The molecule has 2 fully saturated rings. The molecule has 1 aromatic rings. The highest BCUT2D eigenvalue weighted by Crippen LogP contribution is 2.53. The fourth-order valence-corrected chi connectivity index (χ4v) is 5.29. The molecule has 88 valence electrons. The number of thiophene rings is 1. The van der Waals surface area contributed by atoms with Crippen LogP contribution >= 0.6 is 38.9 Å². The van der Waals surface area contributed by atoms with E-state index in [4.69, 9.17) is 17.3 Å². The van der Waals surface area contributed by atoms with E-state index >= 15 is 0 Å². The number of rotatable bonds is 2. The molecule has 0 aliphatic heterocycles. The van der Waals surface area contributed by atoms with Crippen molar-refractivity contribution in [2.75, 3.05) is 0 Å². The van der Waals surface area contributed by atoms with Gasteiger partial charge in [0.1, 0.15) is 4.34 Å². The van der Waals surface area contributed by atoms with E-state index < -0.39 is 0 Å². The molecular formula is C12H15BrClNS. The van der Waals surface area contributed by atoms with Crippen LogP contribution in [0.25, 0.3) is 0 Å². The predicted molar refractivity (Wildman–Crippen MR) is 72.9 cm³/mol. The number of halogens is 2. The quantitative estimate of drug-likeness (QED) is 0.846. The Labute approximate surface area is 113 Å². The Bertz CT molecular complexity index is 386. The Balaban J connectivity index is 1.80. The Hall–Kier alpha value is 0.430. The Morgan fingerprint density at radius 1 is 1.44 bits per heavy atom. The first-order chi connectivity index (χ1) is 7.65. The summed E-state index contributed by atoms with van der Waals surface area (Å²) < 4.78 is 1.82. The maximum Gasteiger partial charge on any atom is 0.107 e. The van der Waals surface area contributed by atoms with Gasteiger partial charge in [-0.05, 0) is 59.0 Å². The molecule has 2 bridgehead atoms. The van der Waals surface area contributed by atoms with Gasteiger partial charge in [0.15, 0.2) is 0 Å². The molecule has 0 radical (unpaired) electrons. The van der Waals surface area contributed by atoms with E-state index in [1.54, 1.807) is 11.3 Å². The summed E-state index contributed by atoms with van der Waals surface area (Å²) >= 11 is 11.2. The summed E-state index contributed by atoms with van der Waals surface area (Å²) in [5, 5.41) is 0. The summed E-state index contributed by atoms with van der Waals surface area (Å²) in [5.41, 5.74) is 6.40. The lowest BCUT2D eigenvalue weighted by molar-refractivity contribution is 0.287. The summed E-state index contributed by atoms with van der Waals surface area (Å²) in [4.78, 5) is 1.24.